The molecule has 3 heterocycles. The first-order valence-corrected chi connectivity index (χ1v) is 9.34. The number of rotatable bonds is 5. The van der Waals surface area contributed by atoms with Crippen LogP contribution in [0.3, 0.4) is 0 Å². The van der Waals surface area contributed by atoms with Crippen molar-refractivity contribution in [3.8, 4) is 0 Å². The summed E-state index contributed by atoms with van der Waals surface area (Å²) in [5, 5.41) is 7.16. The summed E-state index contributed by atoms with van der Waals surface area (Å²) in [7, 11) is 0. The molecule has 3 N–H and O–H groups in total. The average Bonchev–Trinajstić information content (AvgIpc) is 3.23. The van der Waals surface area contributed by atoms with E-state index in [0.29, 0.717) is 30.7 Å². The van der Waals surface area contributed by atoms with Gasteiger partial charge in [0, 0.05) is 24.8 Å². The zero-order valence-electron chi connectivity index (χ0n) is 15.2. The molecule has 2 amide bonds. The number of hydrogen-bond acceptors (Lipinski definition) is 4. The summed E-state index contributed by atoms with van der Waals surface area (Å²) in [5.41, 5.74) is 7.04. The van der Waals surface area contributed by atoms with Crippen molar-refractivity contribution in [2.24, 2.45) is 11.7 Å². The van der Waals surface area contributed by atoms with Crippen LogP contribution in [0.5, 0.6) is 0 Å². The van der Waals surface area contributed by atoms with E-state index in [0.717, 1.165) is 44.3 Å². The molecule has 0 aromatic carbocycles. The Labute approximate surface area is 148 Å². The molecule has 0 radical (unpaired) electrons. The van der Waals surface area contributed by atoms with Gasteiger partial charge >= 0.3 is 0 Å². The number of nitrogens with zero attached hydrogens (tertiary/aromatic N) is 3. The molecule has 3 rings (SSSR count). The number of aromatic nitrogens is 2. The molecule has 1 aromatic rings. The van der Waals surface area contributed by atoms with E-state index in [-0.39, 0.29) is 17.9 Å². The quantitative estimate of drug-likeness (QED) is 0.835. The van der Waals surface area contributed by atoms with Crippen molar-refractivity contribution in [3.63, 3.8) is 0 Å². The van der Waals surface area contributed by atoms with Crippen molar-refractivity contribution in [1.29, 1.82) is 0 Å². The third-order valence-electron chi connectivity index (χ3n) is 5.32. The van der Waals surface area contributed by atoms with E-state index < -0.39 is 0 Å². The molecular formula is C18H29N5O2. The summed E-state index contributed by atoms with van der Waals surface area (Å²) in [6, 6.07) is 2.09. The van der Waals surface area contributed by atoms with Gasteiger partial charge in [-0.3, -0.25) is 19.6 Å². The van der Waals surface area contributed by atoms with Crippen molar-refractivity contribution < 1.29 is 9.59 Å². The van der Waals surface area contributed by atoms with Crippen LogP contribution in [0.2, 0.25) is 0 Å². The van der Waals surface area contributed by atoms with Gasteiger partial charge in [-0.2, -0.15) is 5.10 Å². The molecule has 0 aliphatic carbocycles. The number of aromatic amines is 1. The molecule has 1 aromatic heterocycles. The second-order valence-corrected chi connectivity index (χ2v) is 7.70. The van der Waals surface area contributed by atoms with Crippen LogP contribution in [0, 0.1) is 5.92 Å². The second-order valence-electron chi connectivity index (χ2n) is 7.70. The van der Waals surface area contributed by atoms with Crippen LogP contribution < -0.4 is 5.73 Å². The first-order chi connectivity index (χ1) is 12.0. The van der Waals surface area contributed by atoms with Gasteiger partial charge in [0.15, 0.2) is 0 Å². The van der Waals surface area contributed by atoms with Crippen LogP contribution in [-0.4, -0.2) is 63.5 Å². The molecule has 0 saturated carbocycles. The lowest BCUT2D eigenvalue weighted by Crippen LogP contribution is -2.51. The molecule has 0 spiro atoms. The second kappa shape index (κ2) is 7.56. The average molecular weight is 347 g/mol. The highest BCUT2D eigenvalue weighted by Crippen LogP contribution is 2.26. The van der Waals surface area contributed by atoms with E-state index in [2.05, 4.69) is 28.9 Å². The summed E-state index contributed by atoms with van der Waals surface area (Å²) in [6.07, 6.45) is 4.56. The Bertz CT molecular complexity index is 619. The Morgan fingerprint density at radius 2 is 2.00 bits per heavy atom. The van der Waals surface area contributed by atoms with Crippen LogP contribution in [0.4, 0.5) is 0 Å². The van der Waals surface area contributed by atoms with E-state index in [9.17, 15) is 9.59 Å². The highest BCUT2D eigenvalue weighted by atomic mass is 16.2. The maximum absolute atomic E-state index is 12.7. The van der Waals surface area contributed by atoms with Gasteiger partial charge in [0.2, 0.25) is 5.91 Å². The Hall–Kier alpha value is -1.89. The third kappa shape index (κ3) is 4.03. The molecular weight excluding hydrogens is 318 g/mol. The minimum atomic E-state index is -0.217. The van der Waals surface area contributed by atoms with Crippen LogP contribution in [0.15, 0.2) is 6.07 Å². The van der Waals surface area contributed by atoms with Gasteiger partial charge in [-0.25, -0.2) is 0 Å². The SMILES string of the molecule is CC(C)Cc1cc(C(=O)N2CCC(N3CCCC3C(N)=O)CC2)n[nH]1. The standard InChI is InChI=1S/C18H29N5O2/c1-12(2)10-13-11-15(21-20-13)18(25)22-8-5-14(6-9-22)23-7-3-4-16(23)17(19)24/h11-12,14,16H,3-10H2,1-2H3,(H2,19,24)(H,20,21). The highest BCUT2D eigenvalue weighted by molar-refractivity contribution is 5.92. The minimum absolute atomic E-state index is 0.00224. The third-order valence-corrected chi connectivity index (χ3v) is 5.32. The number of amides is 2. The molecule has 2 aliphatic heterocycles. The van der Waals surface area contributed by atoms with Gasteiger partial charge < -0.3 is 10.6 Å². The maximum atomic E-state index is 12.7. The van der Waals surface area contributed by atoms with Crippen molar-refractivity contribution in [1.82, 2.24) is 20.0 Å². The molecule has 1 atom stereocenters. The monoisotopic (exact) mass is 347 g/mol. The van der Waals surface area contributed by atoms with Crippen molar-refractivity contribution >= 4 is 11.8 Å². The lowest BCUT2D eigenvalue weighted by molar-refractivity contribution is -0.123. The number of hydrogen-bond donors (Lipinski definition) is 2. The van der Waals surface area contributed by atoms with Gasteiger partial charge in [0.05, 0.1) is 6.04 Å². The molecule has 0 bridgehead atoms. The number of carbonyl (C=O) groups excluding carboxylic acids is 2. The van der Waals surface area contributed by atoms with Crippen molar-refractivity contribution in [2.75, 3.05) is 19.6 Å². The van der Waals surface area contributed by atoms with Gasteiger partial charge in [0.25, 0.3) is 5.91 Å². The molecule has 2 aliphatic rings. The number of piperidine rings is 1. The van der Waals surface area contributed by atoms with Crippen molar-refractivity contribution in [3.05, 3.63) is 17.5 Å². The van der Waals surface area contributed by atoms with E-state index in [1.807, 2.05) is 11.0 Å². The van der Waals surface area contributed by atoms with Gasteiger partial charge in [-0.05, 0) is 50.6 Å². The number of H-pyrrole nitrogens is 1. The van der Waals surface area contributed by atoms with Gasteiger partial charge in [-0.1, -0.05) is 13.8 Å². The fourth-order valence-electron chi connectivity index (χ4n) is 4.11. The summed E-state index contributed by atoms with van der Waals surface area (Å²) < 4.78 is 0. The Morgan fingerprint density at radius 1 is 1.28 bits per heavy atom. The Kier molecular flexibility index (Phi) is 5.42. The Balaban J connectivity index is 1.56. The topological polar surface area (TPSA) is 95.3 Å². The van der Waals surface area contributed by atoms with Crippen LogP contribution in [-0.2, 0) is 11.2 Å². The lowest BCUT2D eigenvalue weighted by atomic mass is 10.0. The highest BCUT2D eigenvalue weighted by Gasteiger charge is 2.36. The maximum Gasteiger partial charge on any atom is 0.274 e. The zero-order chi connectivity index (χ0) is 18.0. The summed E-state index contributed by atoms with van der Waals surface area (Å²) in [4.78, 5) is 28.4. The molecule has 7 nitrogen and oxygen atoms in total. The largest absolute Gasteiger partial charge is 0.368 e. The van der Waals surface area contributed by atoms with E-state index in [4.69, 9.17) is 5.73 Å². The molecule has 138 valence electrons. The smallest absolute Gasteiger partial charge is 0.274 e. The molecule has 2 fully saturated rings. The van der Waals surface area contributed by atoms with Gasteiger partial charge in [-0.15, -0.1) is 0 Å². The zero-order valence-corrected chi connectivity index (χ0v) is 15.2. The number of primary amides is 1. The normalized spacial score (nSPS) is 22.7. The molecule has 25 heavy (non-hydrogen) atoms. The summed E-state index contributed by atoms with van der Waals surface area (Å²) in [6.45, 7) is 6.63. The number of nitrogens with two attached hydrogens (primary N) is 1. The minimum Gasteiger partial charge on any atom is -0.368 e. The van der Waals surface area contributed by atoms with E-state index in [1.54, 1.807) is 0 Å². The van der Waals surface area contributed by atoms with Crippen molar-refractivity contribution in [2.45, 2.75) is 58.0 Å². The number of carbonyl (C=O) groups is 2. The van der Waals surface area contributed by atoms with Gasteiger partial charge in [0.1, 0.15) is 5.69 Å². The van der Waals surface area contributed by atoms with E-state index >= 15 is 0 Å². The molecule has 2 saturated heterocycles. The summed E-state index contributed by atoms with van der Waals surface area (Å²) in [5.74, 6) is 0.306. The number of likely N-dealkylation sites (tertiary alicyclic amines) is 2. The fourth-order valence-corrected chi connectivity index (χ4v) is 4.11. The number of nitrogens with one attached hydrogen (secondary N) is 1. The van der Waals surface area contributed by atoms with Crippen LogP contribution in [0.1, 0.15) is 55.7 Å². The first-order valence-electron chi connectivity index (χ1n) is 9.34. The molecule has 1 unspecified atom stereocenters. The predicted octanol–water partition coefficient (Wildman–Crippen LogP) is 1.16. The predicted molar refractivity (Wildman–Crippen MR) is 95.0 cm³/mol. The fraction of sp³-hybridized carbons (Fsp3) is 0.722. The van der Waals surface area contributed by atoms with E-state index in [1.165, 1.54) is 0 Å². The van der Waals surface area contributed by atoms with Crippen LogP contribution in [0.25, 0.3) is 0 Å². The van der Waals surface area contributed by atoms with Crippen LogP contribution >= 0.6 is 0 Å². The summed E-state index contributed by atoms with van der Waals surface area (Å²) >= 11 is 0. The first kappa shape index (κ1) is 17.9. The molecule has 7 heteroatoms. The lowest BCUT2D eigenvalue weighted by Gasteiger charge is -2.38. The Morgan fingerprint density at radius 3 is 2.64 bits per heavy atom.